The normalized spacial score (nSPS) is 15.2. The zero-order chi connectivity index (χ0) is 20.8. The lowest BCUT2D eigenvalue weighted by atomic mass is 10.1. The second-order valence-electron chi connectivity index (χ2n) is 7.21. The van der Waals surface area contributed by atoms with Crippen LogP contribution < -0.4 is 14.8 Å². The number of rotatable bonds is 8. The van der Waals surface area contributed by atoms with Gasteiger partial charge in [-0.05, 0) is 42.2 Å². The Morgan fingerprint density at radius 2 is 1.79 bits per heavy atom. The minimum Gasteiger partial charge on any atom is -0.490 e. The number of urea groups is 1. The Labute approximate surface area is 171 Å². The molecule has 0 radical (unpaired) electrons. The molecule has 2 aromatic rings. The highest BCUT2D eigenvalue weighted by atomic mass is 16.5. The number of hydrogen-bond donors (Lipinski definition) is 1. The fourth-order valence-corrected chi connectivity index (χ4v) is 2.91. The fourth-order valence-electron chi connectivity index (χ4n) is 2.91. The van der Waals surface area contributed by atoms with E-state index in [0.717, 1.165) is 11.1 Å². The maximum Gasteiger partial charge on any atom is 0.329 e. The van der Waals surface area contributed by atoms with Crippen molar-refractivity contribution in [3.63, 3.8) is 0 Å². The monoisotopic (exact) mass is 394 g/mol. The van der Waals surface area contributed by atoms with E-state index >= 15 is 0 Å². The molecule has 3 amide bonds. The van der Waals surface area contributed by atoms with Crippen LogP contribution in [0.3, 0.4) is 0 Å². The van der Waals surface area contributed by atoms with Crippen molar-refractivity contribution in [2.45, 2.75) is 27.3 Å². The molecule has 1 heterocycles. The van der Waals surface area contributed by atoms with Gasteiger partial charge in [0.1, 0.15) is 5.70 Å². The van der Waals surface area contributed by atoms with Crippen molar-refractivity contribution in [3.8, 4) is 11.5 Å². The van der Waals surface area contributed by atoms with Gasteiger partial charge < -0.3 is 14.8 Å². The lowest BCUT2D eigenvalue weighted by molar-refractivity contribution is -0.123. The van der Waals surface area contributed by atoms with Crippen LogP contribution in [0.2, 0.25) is 0 Å². The molecule has 0 aromatic heterocycles. The first kappa shape index (κ1) is 20.5. The largest absolute Gasteiger partial charge is 0.490 e. The van der Waals surface area contributed by atoms with Gasteiger partial charge in [0, 0.05) is 0 Å². The molecule has 0 aliphatic carbocycles. The summed E-state index contributed by atoms with van der Waals surface area (Å²) in [5.41, 5.74) is 1.88. The summed E-state index contributed by atoms with van der Waals surface area (Å²) in [5, 5.41) is 2.66. The van der Waals surface area contributed by atoms with Gasteiger partial charge in [0.15, 0.2) is 11.5 Å². The van der Waals surface area contributed by atoms with Gasteiger partial charge in [-0.2, -0.15) is 0 Å². The van der Waals surface area contributed by atoms with Gasteiger partial charge in [0.2, 0.25) is 0 Å². The van der Waals surface area contributed by atoms with Crippen molar-refractivity contribution < 1.29 is 19.1 Å². The summed E-state index contributed by atoms with van der Waals surface area (Å²) in [6.07, 6.45) is 1.65. The maximum atomic E-state index is 12.7. The van der Waals surface area contributed by atoms with E-state index in [2.05, 4.69) is 19.2 Å². The molecule has 0 saturated carbocycles. The molecule has 29 heavy (non-hydrogen) atoms. The van der Waals surface area contributed by atoms with E-state index in [1.165, 1.54) is 4.90 Å². The van der Waals surface area contributed by atoms with Crippen LogP contribution in [-0.2, 0) is 11.3 Å². The van der Waals surface area contributed by atoms with Crippen molar-refractivity contribution in [2.24, 2.45) is 5.92 Å². The highest BCUT2D eigenvalue weighted by Crippen LogP contribution is 2.30. The van der Waals surface area contributed by atoms with Crippen molar-refractivity contribution in [3.05, 3.63) is 65.4 Å². The Morgan fingerprint density at radius 1 is 1.03 bits per heavy atom. The summed E-state index contributed by atoms with van der Waals surface area (Å²) in [6, 6.07) is 14.5. The molecule has 1 aliphatic heterocycles. The predicted octanol–water partition coefficient (Wildman–Crippen LogP) is 4.21. The second-order valence-corrected chi connectivity index (χ2v) is 7.21. The number of carbonyl (C=O) groups is 2. The predicted molar refractivity (Wildman–Crippen MR) is 111 cm³/mol. The summed E-state index contributed by atoms with van der Waals surface area (Å²) in [6.45, 7) is 7.38. The van der Waals surface area contributed by atoms with Gasteiger partial charge in [-0.1, -0.05) is 50.2 Å². The van der Waals surface area contributed by atoms with Crippen molar-refractivity contribution in [2.75, 3.05) is 13.2 Å². The first-order valence-corrected chi connectivity index (χ1v) is 9.76. The maximum absolute atomic E-state index is 12.7. The molecular formula is C23H26N2O4. The molecule has 2 aromatic carbocycles. The number of amides is 3. The number of nitrogens with one attached hydrogen (secondary N) is 1. The minimum atomic E-state index is -0.424. The molecule has 6 heteroatoms. The van der Waals surface area contributed by atoms with E-state index in [1.54, 1.807) is 6.08 Å². The Kier molecular flexibility index (Phi) is 6.54. The van der Waals surface area contributed by atoms with Crippen LogP contribution in [0.1, 0.15) is 31.9 Å². The zero-order valence-corrected chi connectivity index (χ0v) is 17.0. The number of benzene rings is 2. The Bertz CT molecular complexity index is 906. The van der Waals surface area contributed by atoms with Crippen LogP contribution >= 0.6 is 0 Å². The standard InChI is InChI=1S/C23H26N2O4/c1-4-28-21-13-18(10-11-20(21)29-15-16(2)3)12-19-22(26)25(23(27)24-19)14-17-8-6-5-7-9-17/h5-13,16H,4,14-15H2,1-3H3,(H,24,27)/b19-12-. The highest BCUT2D eigenvalue weighted by Gasteiger charge is 2.33. The van der Waals surface area contributed by atoms with Crippen molar-refractivity contribution >= 4 is 18.0 Å². The van der Waals surface area contributed by atoms with Crippen molar-refractivity contribution in [1.82, 2.24) is 10.2 Å². The molecule has 0 atom stereocenters. The summed E-state index contributed by atoms with van der Waals surface area (Å²) in [5.74, 6) is 1.32. The highest BCUT2D eigenvalue weighted by molar-refractivity contribution is 6.13. The molecule has 6 nitrogen and oxygen atoms in total. The van der Waals surface area contributed by atoms with Crippen LogP contribution in [0.4, 0.5) is 4.79 Å². The lowest BCUT2D eigenvalue weighted by Crippen LogP contribution is -2.30. The van der Waals surface area contributed by atoms with Crippen LogP contribution in [0, 0.1) is 5.92 Å². The average Bonchev–Trinajstić information content (AvgIpc) is 2.96. The number of imide groups is 1. The Morgan fingerprint density at radius 3 is 2.48 bits per heavy atom. The van der Waals surface area contributed by atoms with E-state index in [4.69, 9.17) is 9.47 Å². The Balaban J connectivity index is 1.79. The molecule has 0 spiro atoms. The minimum absolute atomic E-state index is 0.231. The number of carbonyl (C=O) groups excluding carboxylic acids is 2. The van der Waals surface area contributed by atoms with Crippen LogP contribution in [0.5, 0.6) is 11.5 Å². The third-order valence-corrected chi connectivity index (χ3v) is 4.30. The zero-order valence-electron chi connectivity index (χ0n) is 17.0. The third-order valence-electron chi connectivity index (χ3n) is 4.30. The molecule has 1 N–H and O–H groups in total. The van der Waals surface area contributed by atoms with Gasteiger partial charge in [-0.25, -0.2) is 4.79 Å². The summed E-state index contributed by atoms with van der Waals surface area (Å²) < 4.78 is 11.5. The Hall–Kier alpha value is -3.28. The number of nitrogens with zero attached hydrogens (tertiary/aromatic N) is 1. The number of ether oxygens (including phenoxy) is 2. The second kappa shape index (κ2) is 9.28. The van der Waals surface area contributed by atoms with Gasteiger partial charge in [0.25, 0.3) is 5.91 Å². The van der Waals surface area contributed by atoms with Crippen LogP contribution in [-0.4, -0.2) is 30.1 Å². The average molecular weight is 394 g/mol. The smallest absolute Gasteiger partial charge is 0.329 e. The van der Waals surface area contributed by atoms with Crippen LogP contribution in [0.15, 0.2) is 54.2 Å². The fraction of sp³-hybridized carbons (Fsp3) is 0.304. The van der Waals surface area contributed by atoms with Crippen LogP contribution in [0.25, 0.3) is 6.08 Å². The van der Waals surface area contributed by atoms with Gasteiger partial charge in [0.05, 0.1) is 19.8 Å². The SMILES string of the molecule is CCOc1cc(/C=C2\NC(=O)N(Cc3ccccc3)C2=O)ccc1OCC(C)C. The summed E-state index contributed by atoms with van der Waals surface area (Å²) in [7, 11) is 0. The molecule has 0 unspecified atom stereocenters. The molecule has 3 rings (SSSR count). The molecule has 0 bridgehead atoms. The molecule has 152 valence electrons. The first-order valence-electron chi connectivity index (χ1n) is 9.76. The van der Waals surface area contributed by atoms with E-state index in [1.807, 2.05) is 55.5 Å². The summed E-state index contributed by atoms with van der Waals surface area (Å²) >= 11 is 0. The van der Waals surface area contributed by atoms with E-state index in [9.17, 15) is 9.59 Å². The molecule has 1 saturated heterocycles. The van der Waals surface area contributed by atoms with E-state index in [0.29, 0.717) is 30.6 Å². The quantitative estimate of drug-likeness (QED) is 0.538. The first-order chi connectivity index (χ1) is 14.0. The van der Waals surface area contributed by atoms with Gasteiger partial charge in [-0.3, -0.25) is 9.69 Å². The molecule has 1 fully saturated rings. The van der Waals surface area contributed by atoms with E-state index in [-0.39, 0.29) is 18.1 Å². The summed E-state index contributed by atoms with van der Waals surface area (Å²) in [4.78, 5) is 26.2. The van der Waals surface area contributed by atoms with Gasteiger partial charge >= 0.3 is 6.03 Å². The third kappa shape index (κ3) is 5.16. The number of hydrogen-bond acceptors (Lipinski definition) is 4. The van der Waals surface area contributed by atoms with E-state index < -0.39 is 6.03 Å². The van der Waals surface area contributed by atoms with Crippen molar-refractivity contribution in [1.29, 1.82) is 0 Å². The lowest BCUT2D eigenvalue weighted by Gasteiger charge is -2.14. The van der Waals surface area contributed by atoms with Gasteiger partial charge in [-0.15, -0.1) is 0 Å². The molecule has 1 aliphatic rings. The topological polar surface area (TPSA) is 67.9 Å². The molecular weight excluding hydrogens is 368 g/mol.